The number of halogens is 2. The lowest BCUT2D eigenvalue weighted by Crippen LogP contribution is -2.46. The van der Waals surface area contributed by atoms with Crippen LogP contribution in [-0.2, 0) is 16.6 Å². The summed E-state index contributed by atoms with van der Waals surface area (Å²) in [7, 11) is -3.80. The highest BCUT2D eigenvalue weighted by atomic mass is 79.9. The molecule has 0 spiro atoms. The van der Waals surface area contributed by atoms with Crippen LogP contribution in [0, 0.1) is 0 Å². The standard InChI is InChI=1S/C24H22BrN5O4S2.ClH/c25-21-7-8-22(35-21)36(31,32)28-23-24(27-18-4-2-1-3-17(18)26-23)30-11-9-29(10-12-30)14-16-5-6-19-20(13-16)34-15-33-19;/h1-8,13H,9-12,14-15H2,(H,26,28);1H. The van der Waals surface area contributed by atoms with Gasteiger partial charge in [0.15, 0.2) is 23.1 Å². The van der Waals surface area contributed by atoms with Gasteiger partial charge in [-0.1, -0.05) is 18.2 Å². The van der Waals surface area contributed by atoms with Crippen molar-refractivity contribution in [2.24, 2.45) is 0 Å². The van der Waals surface area contributed by atoms with E-state index in [4.69, 9.17) is 14.5 Å². The fraction of sp³-hybridized carbons (Fsp3) is 0.250. The molecule has 2 aromatic carbocycles. The molecule has 194 valence electrons. The Hall–Kier alpha value is -2.64. The number of piperazine rings is 1. The molecule has 4 aromatic rings. The van der Waals surface area contributed by atoms with E-state index in [-0.39, 0.29) is 29.2 Å². The van der Waals surface area contributed by atoms with Crippen LogP contribution in [-0.4, -0.2) is 56.3 Å². The number of sulfonamides is 1. The molecule has 2 aromatic heterocycles. The lowest BCUT2D eigenvalue weighted by molar-refractivity contribution is 0.174. The monoisotopic (exact) mass is 623 g/mol. The Morgan fingerprint density at radius 1 is 0.946 bits per heavy atom. The van der Waals surface area contributed by atoms with E-state index in [1.165, 1.54) is 0 Å². The molecule has 13 heteroatoms. The van der Waals surface area contributed by atoms with Gasteiger partial charge in [-0.05, 0) is 57.9 Å². The minimum atomic E-state index is -3.80. The molecular weight excluding hydrogens is 602 g/mol. The van der Waals surface area contributed by atoms with Crippen molar-refractivity contribution < 1.29 is 17.9 Å². The fourth-order valence-electron chi connectivity index (χ4n) is 4.31. The third kappa shape index (κ3) is 5.48. The highest BCUT2D eigenvalue weighted by Crippen LogP contribution is 2.34. The molecule has 1 saturated heterocycles. The van der Waals surface area contributed by atoms with Crippen LogP contribution in [0.1, 0.15) is 5.56 Å². The first-order valence-corrected chi connectivity index (χ1v) is 14.4. The van der Waals surface area contributed by atoms with Crippen molar-refractivity contribution >= 4 is 72.4 Å². The van der Waals surface area contributed by atoms with E-state index in [0.717, 1.165) is 57.3 Å². The number of nitrogens with one attached hydrogen (secondary N) is 1. The maximum Gasteiger partial charge on any atom is 0.272 e. The number of nitrogens with zero attached hydrogens (tertiary/aromatic N) is 4. The minimum Gasteiger partial charge on any atom is -0.454 e. The molecule has 0 unspecified atom stereocenters. The largest absolute Gasteiger partial charge is 0.454 e. The first-order chi connectivity index (χ1) is 17.4. The zero-order valence-electron chi connectivity index (χ0n) is 19.5. The van der Waals surface area contributed by atoms with Crippen LogP contribution in [0.5, 0.6) is 11.5 Å². The van der Waals surface area contributed by atoms with Gasteiger partial charge in [0.25, 0.3) is 10.0 Å². The second-order valence-electron chi connectivity index (χ2n) is 8.50. The lowest BCUT2D eigenvalue weighted by Gasteiger charge is -2.36. The second kappa shape index (κ2) is 10.6. The molecule has 1 fully saturated rings. The normalized spacial score (nSPS) is 15.5. The number of hydrogen-bond acceptors (Lipinski definition) is 9. The third-order valence-electron chi connectivity index (χ3n) is 6.11. The summed E-state index contributed by atoms with van der Waals surface area (Å²) in [4.78, 5) is 13.9. The van der Waals surface area contributed by atoms with Gasteiger partial charge in [0, 0.05) is 32.7 Å². The second-order valence-corrected chi connectivity index (χ2v) is 12.9. The van der Waals surface area contributed by atoms with E-state index in [1.54, 1.807) is 12.1 Å². The van der Waals surface area contributed by atoms with E-state index in [0.29, 0.717) is 24.4 Å². The lowest BCUT2D eigenvalue weighted by atomic mass is 10.1. The molecule has 0 atom stereocenters. The van der Waals surface area contributed by atoms with Crippen molar-refractivity contribution in [1.82, 2.24) is 14.9 Å². The average Bonchev–Trinajstić information content (AvgIpc) is 3.53. The number of fused-ring (bicyclic) bond motifs is 2. The number of para-hydroxylation sites is 2. The summed E-state index contributed by atoms with van der Waals surface area (Å²) < 4.78 is 40.7. The fourth-order valence-corrected chi connectivity index (χ4v) is 7.33. The number of rotatable bonds is 6. The Balaban J connectivity index is 0.00000280. The summed E-state index contributed by atoms with van der Waals surface area (Å²) in [6.45, 7) is 4.04. The molecule has 4 heterocycles. The van der Waals surface area contributed by atoms with Gasteiger partial charge in [-0.2, -0.15) is 0 Å². The van der Waals surface area contributed by atoms with Crippen molar-refractivity contribution in [3.63, 3.8) is 0 Å². The van der Waals surface area contributed by atoms with Gasteiger partial charge >= 0.3 is 0 Å². The van der Waals surface area contributed by atoms with Crippen molar-refractivity contribution in [3.8, 4) is 11.5 Å². The van der Waals surface area contributed by atoms with Gasteiger partial charge in [0.1, 0.15) is 4.21 Å². The van der Waals surface area contributed by atoms with Crippen molar-refractivity contribution in [2.45, 2.75) is 10.8 Å². The molecule has 2 aliphatic rings. The van der Waals surface area contributed by atoms with Crippen LogP contribution in [0.3, 0.4) is 0 Å². The van der Waals surface area contributed by atoms with Crippen LogP contribution in [0.15, 0.2) is 62.6 Å². The van der Waals surface area contributed by atoms with Gasteiger partial charge in [-0.15, -0.1) is 23.7 Å². The molecule has 0 radical (unpaired) electrons. The Morgan fingerprint density at radius 2 is 1.68 bits per heavy atom. The van der Waals surface area contributed by atoms with Crippen molar-refractivity contribution in [3.05, 3.63) is 63.9 Å². The maximum absolute atomic E-state index is 13.1. The molecule has 0 aliphatic carbocycles. The van der Waals surface area contributed by atoms with E-state index in [1.807, 2.05) is 36.4 Å². The maximum atomic E-state index is 13.1. The summed E-state index contributed by atoms with van der Waals surface area (Å²) >= 11 is 4.48. The smallest absolute Gasteiger partial charge is 0.272 e. The Bertz CT molecular complexity index is 1540. The average molecular weight is 625 g/mol. The molecular formula is C24H23BrClN5O4S2. The summed E-state index contributed by atoms with van der Waals surface area (Å²) in [6, 6.07) is 16.8. The zero-order valence-corrected chi connectivity index (χ0v) is 23.5. The van der Waals surface area contributed by atoms with Crippen LogP contribution >= 0.6 is 39.7 Å². The number of benzene rings is 2. The van der Waals surface area contributed by atoms with Gasteiger partial charge in [-0.3, -0.25) is 9.62 Å². The van der Waals surface area contributed by atoms with Gasteiger partial charge in [0.2, 0.25) is 6.79 Å². The number of anilines is 2. The summed E-state index contributed by atoms with van der Waals surface area (Å²) in [5.74, 6) is 2.34. The number of hydrogen-bond donors (Lipinski definition) is 1. The number of thiophene rings is 1. The first-order valence-electron chi connectivity index (χ1n) is 11.4. The topological polar surface area (TPSA) is 96.9 Å². The minimum absolute atomic E-state index is 0. The summed E-state index contributed by atoms with van der Waals surface area (Å²) in [5, 5.41) is 0. The third-order valence-corrected chi connectivity index (χ3v) is 9.57. The molecule has 0 bridgehead atoms. The number of ether oxygens (including phenoxy) is 2. The zero-order chi connectivity index (χ0) is 24.7. The SMILES string of the molecule is Cl.O=S(=O)(Nc1nc2ccccc2nc1N1CCN(Cc2ccc3c(c2)OCO3)CC1)c1ccc(Br)s1. The molecule has 1 N–H and O–H groups in total. The Kier molecular flexibility index (Phi) is 7.46. The van der Waals surface area contributed by atoms with Crippen LogP contribution in [0.2, 0.25) is 0 Å². The number of aromatic nitrogens is 2. The quantitative estimate of drug-likeness (QED) is 0.329. The van der Waals surface area contributed by atoms with Crippen LogP contribution in [0.4, 0.5) is 11.6 Å². The summed E-state index contributed by atoms with van der Waals surface area (Å²) in [5.41, 5.74) is 2.51. The van der Waals surface area contributed by atoms with E-state index in [2.05, 4.69) is 41.5 Å². The van der Waals surface area contributed by atoms with Gasteiger partial charge in [-0.25, -0.2) is 18.4 Å². The van der Waals surface area contributed by atoms with Gasteiger partial charge in [0.05, 0.1) is 14.8 Å². The van der Waals surface area contributed by atoms with Crippen LogP contribution < -0.4 is 19.1 Å². The molecule has 9 nitrogen and oxygen atoms in total. The van der Waals surface area contributed by atoms with E-state index in [9.17, 15) is 8.42 Å². The Labute approximate surface area is 233 Å². The van der Waals surface area contributed by atoms with Gasteiger partial charge < -0.3 is 14.4 Å². The predicted molar refractivity (Wildman–Crippen MR) is 150 cm³/mol. The first kappa shape index (κ1) is 26.0. The highest BCUT2D eigenvalue weighted by Gasteiger charge is 2.26. The molecule has 6 rings (SSSR count). The molecule has 2 aliphatic heterocycles. The molecule has 0 saturated carbocycles. The van der Waals surface area contributed by atoms with Crippen molar-refractivity contribution in [1.29, 1.82) is 0 Å². The van der Waals surface area contributed by atoms with Crippen LogP contribution in [0.25, 0.3) is 11.0 Å². The van der Waals surface area contributed by atoms with E-state index >= 15 is 0 Å². The van der Waals surface area contributed by atoms with E-state index < -0.39 is 10.0 Å². The molecule has 0 amide bonds. The van der Waals surface area contributed by atoms with Crippen molar-refractivity contribution in [2.75, 3.05) is 42.6 Å². The highest BCUT2D eigenvalue weighted by molar-refractivity contribution is 9.11. The Morgan fingerprint density at radius 3 is 2.41 bits per heavy atom. The predicted octanol–water partition coefficient (Wildman–Crippen LogP) is 4.73. The molecule has 37 heavy (non-hydrogen) atoms. The summed E-state index contributed by atoms with van der Waals surface area (Å²) in [6.07, 6.45) is 0.